The van der Waals surface area contributed by atoms with E-state index in [2.05, 4.69) is 20.2 Å². The lowest BCUT2D eigenvalue weighted by molar-refractivity contribution is -0.0217. The predicted molar refractivity (Wildman–Crippen MR) is 122 cm³/mol. The molecule has 4 aromatic heterocycles. The summed E-state index contributed by atoms with van der Waals surface area (Å²) >= 11 is 6.35. The highest BCUT2D eigenvalue weighted by molar-refractivity contribution is 6.32. The second-order valence-electron chi connectivity index (χ2n) is 7.87. The molecule has 0 unspecified atom stereocenters. The van der Waals surface area contributed by atoms with Gasteiger partial charge in [-0.05, 0) is 41.5 Å². The van der Waals surface area contributed by atoms with Crippen LogP contribution < -0.4 is 5.73 Å². The first kappa shape index (κ1) is 21.9. The van der Waals surface area contributed by atoms with Crippen LogP contribution >= 0.6 is 11.6 Å². The summed E-state index contributed by atoms with van der Waals surface area (Å²) in [4.78, 5) is 8.41. The molecule has 5 rings (SSSR count). The Labute approximate surface area is 196 Å². The number of hydrogen-bond donors (Lipinski definition) is 1. The van der Waals surface area contributed by atoms with E-state index in [0.29, 0.717) is 22.3 Å². The monoisotopic (exact) mass is 483 g/mol. The number of halogens is 4. The topological polar surface area (TPSA) is 86.9 Å². The van der Waals surface area contributed by atoms with Crippen molar-refractivity contribution in [1.82, 2.24) is 29.4 Å². The Morgan fingerprint density at radius 3 is 2.53 bits per heavy atom. The Morgan fingerprint density at radius 2 is 1.79 bits per heavy atom. The third kappa shape index (κ3) is 4.08. The highest BCUT2D eigenvalue weighted by Crippen LogP contribution is 2.36. The van der Waals surface area contributed by atoms with Crippen LogP contribution in [0.1, 0.15) is 18.5 Å². The number of benzene rings is 1. The fourth-order valence-electron chi connectivity index (χ4n) is 3.83. The molecular weight excluding hydrogens is 467 g/mol. The van der Waals surface area contributed by atoms with E-state index in [-0.39, 0.29) is 16.7 Å². The Kier molecular flexibility index (Phi) is 5.24. The van der Waals surface area contributed by atoms with Crippen molar-refractivity contribution >= 4 is 23.2 Å². The van der Waals surface area contributed by atoms with Gasteiger partial charge in [-0.3, -0.25) is 4.68 Å². The van der Waals surface area contributed by atoms with Crippen LogP contribution in [0.5, 0.6) is 0 Å². The Hall–Kier alpha value is -3.92. The van der Waals surface area contributed by atoms with E-state index in [1.807, 2.05) is 0 Å². The molecule has 0 aliphatic heterocycles. The first-order valence-corrected chi connectivity index (χ1v) is 10.5. The van der Waals surface area contributed by atoms with Gasteiger partial charge in [0.1, 0.15) is 17.0 Å². The minimum atomic E-state index is -3.15. The van der Waals surface area contributed by atoms with Crippen LogP contribution in [-0.2, 0) is 0 Å². The van der Waals surface area contributed by atoms with Crippen LogP contribution in [0.15, 0.2) is 67.3 Å². The van der Waals surface area contributed by atoms with E-state index in [4.69, 9.17) is 17.3 Å². The summed E-state index contributed by atoms with van der Waals surface area (Å²) in [6.07, 6.45) is 6.21. The molecule has 0 saturated carbocycles. The third-order valence-corrected chi connectivity index (χ3v) is 5.67. The number of alkyl halides is 2. The number of pyridine rings is 2. The molecule has 4 heterocycles. The van der Waals surface area contributed by atoms with E-state index < -0.39 is 17.8 Å². The van der Waals surface area contributed by atoms with Crippen molar-refractivity contribution in [3.8, 4) is 22.3 Å². The summed E-state index contributed by atoms with van der Waals surface area (Å²) in [7, 11) is 0. The number of nitrogens with two attached hydrogens (primary N) is 1. The molecule has 11 heteroatoms. The van der Waals surface area contributed by atoms with E-state index in [1.165, 1.54) is 39.9 Å². The van der Waals surface area contributed by atoms with Gasteiger partial charge in [0.25, 0.3) is 5.92 Å². The van der Waals surface area contributed by atoms with E-state index in [0.717, 1.165) is 24.6 Å². The highest BCUT2D eigenvalue weighted by Gasteiger charge is 2.37. The molecule has 1 aromatic carbocycles. The molecule has 5 aromatic rings. The average molecular weight is 484 g/mol. The molecule has 2 N–H and O–H groups in total. The molecule has 7 nitrogen and oxygen atoms in total. The van der Waals surface area contributed by atoms with E-state index >= 15 is 0 Å². The fraction of sp³-hybridized carbons (Fsp3) is 0.130. The lowest BCUT2D eigenvalue weighted by Gasteiger charge is -2.24. The van der Waals surface area contributed by atoms with Gasteiger partial charge in [0, 0.05) is 42.2 Å². The molecular formula is C23H17ClF3N7. The zero-order valence-electron chi connectivity index (χ0n) is 17.7. The number of hydrogen-bond acceptors (Lipinski definition) is 5. The van der Waals surface area contributed by atoms with Crippen LogP contribution in [0.3, 0.4) is 0 Å². The third-order valence-electron chi connectivity index (χ3n) is 5.37. The summed E-state index contributed by atoms with van der Waals surface area (Å²) in [5.41, 5.74) is 8.97. The molecule has 172 valence electrons. The van der Waals surface area contributed by atoms with Gasteiger partial charge in [-0.2, -0.15) is 10.1 Å². The van der Waals surface area contributed by atoms with Crippen LogP contribution in [0, 0.1) is 5.82 Å². The van der Waals surface area contributed by atoms with E-state index in [1.54, 1.807) is 24.4 Å². The number of nitrogens with zero attached hydrogens (tertiary/aromatic N) is 6. The predicted octanol–water partition coefficient (Wildman–Crippen LogP) is 5.27. The maximum absolute atomic E-state index is 14.5. The zero-order chi connectivity index (χ0) is 24.0. The van der Waals surface area contributed by atoms with Gasteiger partial charge >= 0.3 is 0 Å². The first-order valence-electron chi connectivity index (χ1n) is 10.1. The van der Waals surface area contributed by atoms with Crippen LogP contribution in [0.25, 0.3) is 27.9 Å². The maximum Gasteiger partial charge on any atom is 0.271 e. The second-order valence-corrected chi connectivity index (χ2v) is 8.23. The smallest absolute Gasteiger partial charge is 0.271 e. The largest absolute Gasteiger partial charge is 0.366 e. The van der Waals surface area contributed by atoms with Crippen molar-refractivity contribution < 1.29 is 13.2 Å². The van der Waals surface area contributed by atoms with Crippen molar-refractivity contribution in [3.05, 3.63) is 83.8 Å². The standard InChI is InChI=1S/C23H17ClF3N7/c1-23(26,27)20(13-2-4-17(25)5-3-13)34-12-16(11-30-34)15-8-18(21(24)29-10-15)14-6-7-33-19(9-14)31-22(28)32-33/h2-12,20H,1H3,(H2,28,32)/t20-/m1/s1. The minimum absolute atomic E-state index is 0.144. The Morgan fingerprint density at radius 1 is 1.03 bits per heavy atom. The maximum atomic E-state index is 14.5. The van der Waals surface area contributed by atoms with Gasteiger partial charge in [0.2, 0.25) is 5.95 Å². The molecule has 1 atom stereocenters. The van der Waals surface area contributed by atoms with Gasteiger partial charge in [-0.1, -0.05) is 23.7 Å². The number of aromatic nitrogens is 6. The van der Waals surface area contributed by atoms with Crippen molar-refractivity contribution in [1.29, 1.82) is 0 Å². The number of fused-ring (bicyclic) bond motifs is 1. The summed E-state index contributed by atoms with van der Waals surface area (Å²) in [5, 5.41) is 8.48. The van der Waals surface area contributed by atoms with Crippen molar-refractivity contribution in [3.63, 3.8) is 0 Å². The summed E-state index contributed by atoms with van der Waals surface area (Å²) in [6.45, 7) is 0.803. The lowest BCUT2D eigenvalue weighted by Crippen LogP contribution is -2.29. The second kappa shape index (κ2) is 8.14. The molecule has 0 amide bonds. The SMILES string of the molecule is CC(F)(F)[C@@H](c1ccc(F)cc1)n1cc(-c2cnc(Cl)c(-c3ccn4nc(N)nc4c3)c2)cn1. The van der Waals surface area contributed by atoms with Crippen molar-refractivity contribution in [2.24, 2.45) is 0 Å². The molecule has 0 saturated heterocycles. The summed E-state index contributed by atoms with van der Waals surface area (Å²) in [5.74, 6) is -3.51. The molecule has 0 fully saturated rings. The lowest BCUT2D eigenvalue weighted by atomic mass is 10.0. The number of anilines is 1. The molecule has 0 radical (unpaired) electrons. The van der Waals surface area contributed by atoms with Gasteiger partial charge in [0.05, 0.1) is 6.20 Å². The molecule has 0 aliphatic carbocycles. The fourth-order valence-corrected chi connectivity index (χ4v) is 4.04. The van der Waals surface area contributed by atoms with Gasteiger partial charge in [-0.25, -0.2) is 22.7 Å². The molecule has 0 bridgehead atoms. The minimum Gasteiger partial charge on any atom is -0.366 e. The van der Waals surface area contributed by atoms with E-state index in [9.17, 15) is 13.2 Å². The quantitative estimate of drug-likeness (QED) is 0.344. The molecule has 0 spiro atoms. The summed E-state index contributed by atoms with van der Waals surface area (Å²) in [6, 6.07) is 8.88. The van der Waals surface area contributed by atoms with Gasteiger partial charge in [-0.15, -0.1) is 5.10 Å². The van der Waals surface area contributed by atoms with Crippen molar-refractivity contribution in [2.45, 2.75) is 18.9 Å². The summed E-state index contributed by atoms with van der Waals surface area (Å²) < 4.78 is 45.1. The highest BCUT2D eigenvalue weighted by atomic mass is 35.5. The number of nitrogen functional groups attached to an aromatic ring is 1. The Bertz CT molecular complexity index is 1490. The van der Waals surface area contributed by atoms with Crippen LogP contribution in [-0.4, -0.2) is 35.3 Å². The number of rotatable bonds is 5. The zero-order valence-corrected chi connectivity index (χ0v) is 18.5. The normalized spacial score (nSPS) is 12.9. The Balaban J connectivity index is 1.54. The van der Waals surface area contributed by atoms with Crippen LogP contribution in [0.2, 0.25) is 5.15 Å². The molecule has 0 aliphatic rings. The van der Waals surface area contributed by atoms with Gasteiger partial charge in [0.15, 0.2) is 5.65 Å². The van der Waals surface area contributed by atoms with Crippen molar-refractivity contribution in [2.75, 3.05) is 5.73 Å². The van der Waals surface area contributed by atoms with Gasteiger partial charge < -0.3 is 5.73 Å². The van der Waals surface area contributed by atoms with Crippen LogP contribution in [0.4, 0.5) is 19.1 Å². The molecule has 34 heavy (non-hydrogen) atoms. The first-order chi connectivity index (χ1) is 16.2. The average Bonchev–Trinajstić information content (AvgIpc) is 3.40.